The minimum Gasteiger partial charge on any atom is -0.481 e. The van der Waals surface area contributed by atoms with E-state index >= 15 is 0 Å². The van der Waals surface area contributed by atoms with E-state index in [9.17, 15) is 14.9 Å². The van der Waals surface area contributed by atoms with Gasteiger partial charge in [-0.2, -0.15) is 0 Å². The highest BCUT2D eigenvalue weighted by molar-refractivity contribution is 5.66. The van der Waals surface area contributed by atoms with Crippen molar-refractivity contribution in [2.24, 2.45) is 7.05 Å². The van der Waals surface area contributed by atoms with E-state index in [1.807, 2.05) is 0 Å². The minimum absolute atomic E-state index is 0.00232. The van der Waals surface area contributed by atoms with Crippen molar-refractivity contribution in [1.29, 1.82) is 0 Å². The fraction of sp³-hybridized carbons (Fsp3) is 0.500. The molecule has 0 bridgehead atoms. The monoisotopic (exact) mass is 213 g/mol. The zero-order valence-corrected chi connectivity index (χ0v) is 8.21. The summed E-state index contributed by atoms with van der Waals surface area (Å²) in [6.45, 7) is 0. The molecule has 0 spiro atoms. The van der Waals surface area contributed by atoms with E-state index in [-0.39, 0.29) is 12.2 Å². The number of nitrogens with zero attached hydrogens (tertiary/aromatic N) is 3. The van der Waals surface area contributed by atoms with Gasteiger partial charge >= 0.3 is 11.8 Å². The maximum Gasteiger partial charge on any atom is 0.384 e. The first-order valence-electron chi connectivity index (χ1n) is 4.38. The van der Waals surface area contributed by atoms with Crippen molar-refractivity contribution >= 4 is 11.8 Å². The van der Waals surface area contributed by atoms with Gasteiger partial charge in [-0.25, -0.2) is 0 Å². The normalized spacial score (nSPS) is 10.2. The van der Waals surface area contributed by atoms with Crippen molar-refractivity contribution in [3.63, 3.8) is 0 Å². The number of imidazole rings is 1. The topological polar surface area (TPSA) is 98.3 Å². The molecule has 82 valence electrons. The van der Waals surface area contributed by atoms with E-state index in [2.05, 4.69) is 4.98 Å². The Morgan fingerprint density at radius 1 is 1.73 bits per heavy atom. The SMILES string of the molecule is Cn1cnc([N+](=O)[O-])c1CCCC(=O)O. The number of aromatic nitrogens is 2. The van der Waals surface area contributed by atoms with E-state index in [0.29, 0.717) is 18.5 Å². The van der Waals surface area contributed by atoms with Crippen LogP contribution in [0.1, 0.15) is 18.5 Å². The lowest BCUT2D eigenvalue weighted by Crippen LogP contribution is -2.02. The molecule has 0 aliphatic rings. The third kappa shape index (κ3) is 2.76. The van der Waals surface area contributed by atoms with Crippen LogP contribution in [0.3, 0.4) is 0 Å². The van der Waals surface area contributed by atoms with Crippen molar-refractivity contribution in [1.82, 2.24) is 9.55 Å². The zero-order chi connectivity index (χ0) is 11.4. The largest absolute Gasteiger partial charge is 0.481 e. The summed E-state index contributed by atoms with van der Waals surface area (Å²) in [5.74, 6) is -1.09. The second-order valence-corrected chi connectivity index (χ2v) is 3.13. The van der Waals surface area contributed by atoms with Crippen LogP contribution in [0.4, 0.5) is 5.82 Å². The number of hydrogen-bond acceptors (Lipinski definition) is 4. The Labute approximate surface area is 85.5 Å². The van der Waals surface area contributed by atoms with Crippen LogP contribution in [-0.4, -0.2) is 25.6 Å². The van der Waals surface area contributed by atoms with Crippen molar-refractivity contribution in [3.05, 3.63) is 22.1 Å². The third-order valence-electron chi connectivity index (χ3n) is 2.01. The van der Waals surface area contributed by atoms with E-state index in [1.165, 1.54) is 6.33 Å². The van der Waals surface area contributed by atoms with E-state index < -0.39 is 10.9 Å². The maximum absolute atomic E-state index is 10.5. The molecule has 0 saturated carbocycles. The van der Waals surface area contributed by atoms with Gasteiger partial charge in [0.05, 0.1) is 0 Å². The van der Waals surface area contributed by atoms with Crippen LogP contribution in [0, 0.1) is 10.1 Å². The van der Waals surface area contributed by atoms with Gasteiger partial charge in [0.25, 0.3) is 0 Å². The van der Waals surface area contributed by atoms with Gasteiger partial charge in [-0.05, 0) is 22.7 Å². The van der Waals surface area contributed by atoms with E-state index in [0.717, 1.165) is 0 Å². The summed E-state index contributed by atoms with van der Waals surface area (Å²) in [5, 5.41) is 19.0. The zero-order valence-electron chi connectivity index (χ0n) is 8.21. The number of carboxylic acid groups (broad SMARTS) is 1. The van der Waals surface area contributed by atoms with Crippen molar-refractivity contribution < 1.29 is 14.8 Å². The lowest BCUT2D eigenvalue weighted by atomic mass is 10.2. The van der Waals surface area contributed by atoms with Gasteiger partial charge in [-0.3, -0.25) is 4.79 Å². The second-order valence-electron chi connectivity index (χ2n) is 3.13. The summed E-state index contributed by atoms with van der Waals surface area (Å²) in [6.07, 6.45) is 2.07. The number of rotatable bonds is 5. The van der Waals surface area contributed by atoms with Gasteiger partial charge in [0.1, 0.15) is 5.69 Å². The highest BCUT2D eigenvalue weighted by Crippen LogP contribution is 2.17. The molecule has 1 N–H and O–H groups in total. The van der Waals surface area contributed by atoms with Crippen LogP contribution in [-0.2, 0) is 18.3 Å². The van der Waals surface area contributed by atoms with Crippen LogP contribution in [0.2, 0.25) is 0 Å². The summed E-state index contributed by atoms with van der Waals surface area (Å²) in [7, 11) is 1.65. The van der Waals surface area contributed by atoms with Crippen molar-refractivity contribution in [3.8, 4) is 0 Å². The van der Waals surface area contributed by atoms with Crippen molar-refractivity contribution in [2.75, 3.05) is 0 Å². The Morgan fingerprint density at radius 2 is 2.40 bits per heavy atom. The van der Waals surface area contributed by atoms with Gasteiger partial charge in [-0.15, -0.1) is 0 Å². The first-order chi connectivity index (χ1) is 7.02. The van der Waals surface area contributed by atoms with E-state index in [1.54, 1.807) is 11.6 Å². The molecule has 1 aromatic rings. The molecule has 7 heteroatoms. The number of aryl methyl sites for hydroxylation is 1. The molecule has 0 saturated heterocycles. The summed E-state index contributed by atoms with van der Waals surface area (Å²) in [6, 6.07) is 0. The molecular weight excluding hydrogens is 202 g/mol. The molecule has 1 aromatic heterocycles. The second kappa shape index (κ2) is 4.54. The van der Waals surface area contributed by atoms with Gasteiger partial charge in [-0.1, -0.05) is 0 Å². The molecule has 0 unspecified atom stereocenters. The van der Waals surface area contributed by atoms with Crippen LogP contribution >= 0.6 is 0 Å². The Kier molecular flexibility index (Phi) is 3.37. The lowest BCUT2D eigenvalue weighted by molar-refractivity contribution is -0.390. The molecule has 1 rings (SSSR count). The molecule has 0 fully saturated rings. The smallest absolute Gasteiger partial charge is 0.384 e. The highest BCUT2D eigenvalue weighted by Gasteiger charge is 2.19. The molecule has 0 amide bonds. The fourth-order valence-corrected chi connectivity index (χ4v) is 1.29. The quantitative estimate of drug-likeness (QED) is 0.574. The van der Waals surface area contributed by atoms with Crippen molar-refractivity contribution in [2.45, 2.75) is 19.3 Å². The van der Waals surface area contributed by atoms with Gasteiger partial charge in [0, 0.05) is 13.5 Å². The van der Waals surface area contributed by atoms with Gasteiger partial charge in [0.15, 0.2) is 0 Å². The van der Waals surface area contributed by atoms with E-state index in [4.69, 9.17) is 5.11 Å². The Bertz CT molecular complexity index is 385. The summed E-state index contributed by atoms with van der Waals surface area (Å²) >= 11 is 0. The number of nitro groups is 1. The molecule has 0 aliphatic carbocycles. The standard InChI is InChI=1S/C8H11N3O4/c1-10-5-9-8(11(14)15)6(10)3-2-4-7(12)13/h5H,2-4H2,1H3,(H,12,13). The number of hydrogen-bond donors (Lipinski definition) is 1. The summed E-state index contributed by atoms with van der Waals surface area (Å²) in [4.78, 5) is 23.9. The van der Waals surface area contributed by atoms with Crippen LogP contribution < -0.4 is 0 Å². The molecule has 0 aliphatic heterocycles. The number of aliphatic carboxylic acids is 1. The van der Waals surface area contributed by atoms with Crippen LogP contribution in [0.25, 0.3) is 0 Å². The highest BCUT2D eigenvalue weighted by atomic mass is 16.6. The molecule has 0 atom stereocenters. The van der Waals surface area contributed by atoms with Gasteiger partial charge in [0.2, 0.25) is 6.33 Å². The van der Waals surface area contributed by atoms with Crippen LogP contribution in [0.15, 0.2) is 6.33 Å². The fourth-order valence-electron chi connectivity index (χ4n) is 1.29. The predicted octanol–water partition coefficient (Wildman–Crippen LogP) is 0.736. The molecule has 0 aromatic carbocycles. The average molecular weight is 213 g/mol. The Morgan fingerprint density at radius 3 is 2.93 bits per heavy atom. The first kappa shape index (κ1) is 11.2. The third-order valence-corrected chi connectivity index (χ3v) is 2.01. The molecule has 7 nitrogen and oxygen atoms in total. The van der Waals surface area contributed by atoms with Gasteiger partial charge < -0.3 is 19.8 Å². The first-order valence-corrected chi connectivity index (χ1v) is 4.38. The molecule has 1 heterocycles. The minimum atomic E-state index is -0.903. The molecule has 15 heavy (non-hydrogen) atoms. The lowest BCUT2D eigenvalue weighted by Gasteiger charge is -1.99. The summed E-state index contributed by atoms with van der Waals surface area (Å²) < 4.78 is 1.54. The predicted molar refractivity (Wildman–Crippen MR) is 50.4 cm³/mol. The average Bonchev–Trinajstić information content (AvgIpc) is 2.47. The Balaban J connectivity index is 2.70. The number of carbonyl (C=O) groups is 1. The molecule has 0 radical (unpaired) electrons. The number of carboxylic acids is 1. The maximum atomic E-state index is 10.5. The molecular formula is C8H11N3O4. The Hall–Kier alpha value is -1.92. The summed E-state index contributed by atoms with van der Waals surface area (Å²) in [5.41, 5.74) is 0.459. The van der Waals surface area contributed by atoms with Crippen LogP contribution in [0.5, 0.6) is 0 Å².